The van der Waals surface area contributed by atoms with Crippen molar-refractivity contribution in [1.82, 2.24) is 9.88 Å². The molecule has 1 aromatic carbocycles. The van der Waals surface area contributed by atoms with E-state index in [2.05, 4.69) is 4.98 Å². The number of carboxylic acid groups (broad SMARTS) is 1. The van der Waals surface area contributed by atoms with Crippen LogP contribution in [0.1, 0.15) is 31.6 Å². The quantitative estimate of drug-likeness (QED) is 0.936. The molecule has 116 valence electrons. The molecule has 1 fully saturated rings. The van der Waals surface area contributed by atoms with Crippen LogP contribution in [0.3, 0.4) is 0 Å². The number of aliphatic carboxylic acids is 1. The standard InChI is InChI=1S/C16H18N2O4/c19-15(18-10-4-3-6-12(18)16(20)21)9-8-14-17-11-5-1-2-7-13(11)22-14/h1-2,5,7,12H,3-4,6,8-10H2,(H,20,21)/t12-/m1/s1. The molecule has 1 aromatic heterocycles. The Bertz CT molecular complexity index is 661. The van der Waals surface area contributed by atoms with E-state index in [9.17, 15) is 14.7 Å². The molecule has 0 radical (unpaired) electrons. The van der Waals surface area contributed by atoms with Gasteiger partial charge in [-0.05, 0) is 31.4 Å². The Labute approximate surface area is 127 Å². The Hall–Kier alpha value is -2.37. The molecule has 1 saturated heterocycles. The molecule has 0 aliphatic carbocycles. The topological polar surface area (TPSA) is 83.6 Å². The molecule has 3 rings (SSSR count). The second kappa shape index (κ2) is 6.17. The fraction of sp³-hybridized carbons (Fsp3) is 0.438. The van der Waals surface area contributed by atoms with Crippen molar-refractivity contribution in [3.63, 3.8) is 0 Å². The van der Waals surface area contributed by atoms with Crippen molar-refractivity contribution in [3.05, 3.63) is 30.2 Å². The van der Waals surface area contributed by atoms with Gasteiger partial charge >= 0.3 is 5.97 Å². The van der Waals surface area contributed by atoms with Crippen LogP contribution in [0.15, 0.2) is 28.7 Å². The van der Waals surface area contributed by atoms with Gasteiger partial charge in [0.15, 0.2) is 11.5 Å². The summed E-state index contributed by atoms with van der Waals surface area (Å²) < 4.78 is 5.58. The molecule has 6 nitrogen and oxygen atoms in total. The number of piperidine rings is 1. The molecule has 1 amide bonds. The number of aryl methyl sites for hydroxylation is 1. The summed E-state index contributed by atoms with van der Waals surface area (Å²) in [7, 11) is 0. The summed E-state index contributed by atoms with van der Waals surface area (Å²) in [4.78, 5) is 29.3. The number of amides is 1. The molecule has 1 aliphatic heterocycles. The van der Waals surface area contributed by atoms with E-state index in [1.165, 1.54) is 4.90 Å². The number of oxazole rings is 1. The van der Waals surface area contributed by atoms with Crippen molar-refractivity contribution in [2.45, 2.75) is 38.1 Å². The molecule has 2 heterocycles. The van der Waals surface area contributed by atoms with E-state index in [0.717, 1.165) is 18.4 Å². The van der Waals surface area contributed by atoms with Gasteiger partial charge in [0.1, 0.15) is 11.6 Å². The summed E-state index contributed by atoms with van der Waals surface area (Å²) >= 11 is 0. The van der Waals surface area contributed by atoms with Gasteiger partial charge in [-0.3, -0.25) is 4.79 Å². The van der Waals surface area contributed by atoms with Crippen molar-refractivity contribution >= 4 is 23.0 Å². The van der Waals surface area contributed by atoms with E-state index < -0.39 is 12.0 Å². The predicted molar refractivity (Wildman–Crippen MR) is 79.3 cm³/mol. The highest BCUT2D eigenvalue weighted by molar-refractivity contribution is 5.84. The van der Waals surface area contributed by atoms with Gasteiger partial charge in [0.05, 0.1) is 0 Å². The highest BCUT2D eigenvalue weighted by atomic mass is 16.4. The van der Waals surface area contributed by atoms with Gasteiger partial charge < -0.3 is 14.4 Å². The molecule has 2 aromatic rings. The highest BCUT2D eigenvalue weighted by Gasteiger charge is 2.31. The maximum Gasteiger partial charge on any atom is 0.326 e. The van der Waals surface area contributed by atoms with Gasteiger partial charge in [-0.1, -0.05) is 12.1 Å². The minimum absolute atomic E-state index is 0.144. The minimum Gasteiger partial charge on any atom is -0.480 e. The first-order valence-electron chi connectivity index (χ1n) is 7.52. The first-order valence-corrected chi connectivity index (χ1v) is 7.52. The van der Waals surface area contributed by atoms with E-state index in [1.807, 2.05) is 24.3 Å². The van der Waals surface area contributed by atoms with Crippen LogP contribution in [-0.2, 0) is 16.0 Å². The van der Waals surface area contributed by atoms with E-state index in [1.54, 1.807) is 0 Å². The third-order valence-corrected chi connectivity index (χ3v) is 4.00. The van der Waals surface area contributed by atoms with E-state index >= 15 is 0 Å². The number of rotatable bonds is 4. The normalized spacial score (nSPS) is 18.5. The number of benzene rings is 1. The van der Waals surface area contributed by atoms with Crippen molar-refractivity contribution in [3.8, 4) is 0 Å². The maximum absolute atomic E-state index is 12.3. The van der Waals surface area contributed by atoms with Gasteiger partial charge in [-0.15, -0.1) is 0 Å². The smallest absolute Gasteiger partial charge is 0.326 e. The van der Waals surface area contributed by atoms with Crippen LogP contribution in [0.4, 0.5) is 0 Å². The van der Waals surface area contributed by atoms with E-state index in [0.29, 0.717) is 30.9 Å². The average Bonchev–Trinajstić information content (AvgIpc) is 2.95. The van der Waals surface area contributed by atoms with Crippen LogP contribution >= 0.6 is 0 Å². The lowest BCUT2D eigenvalue weighted by atomic mass is 10.0. The van der Waals surface area contributed by atoms with Crippen LogP contribution in [0.25, 0.3) is 11.1 Å². The Balaban J connectivity index is 1.64. The van der Waals surface area contributed by atoms with Crippen LogP contribution in [0, 0.1) is 0 Å². The van der Waals surface area contributed by atoms with Crippen LogP contribution < -0.4 is 0 Å². The number of carboxylic acids is 1. The SMILES string of the molecule is O=C(O)[C@H]1CCCCN1C(=O)CCc1nc2ccccc2o1. The van der Waals surface area contributed by atoms with Crippen molar-refractivity contribution < 1.29 is 19.1 Å². The number of fused-ring (bicyclic) bond motifs is 1. The lowest BCUT2D eigenvalue weighted by Gasteiger charge is -2.32. The minimum atomic E-state index is -0.921. The summed E-state index contributed by atoms with van der Waals surface area (Å²) in [6.45, 7) is 0.517. The number of nitrogens with zero attached hydrogens (tertiary/aromatic N) is 2. The predicted octanol–water partition coefficient (Wildman–Crippen LogP) is 2.23. The molecular weight excluding hydrogens is 284 g/mol. The summed E-state index contributed by atoms with van der Waals surface area (Å²) in [6.07, 6.45) is 2.85. The third-order valence-electron chi connectivity index (χ3n) is 4.00. The van der Waals surface area contributed by atoms with Gasteiger partial charge in [0.25, 0.3) is 0 Å². The second-order valence-corrected chi connectivity index (χ2v) is 5.51. The highest BCUT2D eigenvalue weighted by Crippen LogP contribution is 2.20. The summed E-state index contributed by atoms with van der Waals surface area (Å²) in [6, 6.07) is 6.75. The fourth-order valence-corrected chi connectivity index (χ4v) is 2.87. The largest absolute Gasteiger partial charge is 0.480 e. The fourth-order valence-electron chi connectivity index (χ4n) is 2.87. The lowest BCUT2D eigenvalue weighted by Crippen LogP contribution is -2.48. The number of hydrogen-bond acceptors (Lipinski definition) is 4. The Morgan fingerprint density at radius 1 is 1.32 bits per heavy atom. The van der Waals surface area contributed by atoms with E-state index in [-0.39, 0.29) is 12.3 Å². The number of hydrogen-bond donors (Lipinski definition) is 1. The zero-order valence-corrected chi connectivity index (χ0v) is 12.2. The monoisotopic (exact) mass is 302 g/mol. The lowest BCUT2D eigenvalue weighted by molar-refractivity contribution is -0.152. The van der Waals surface area contributed by atoms with Gasteiger partial charge in [-0.2, -0.15) is 0 Å². The molecule has 1 N–H and O–H groups in total. The van der Waals surface area contributed by atoms with Crippen molar-refractivity contribution in [2.24, 2.45) is 0 Å². The molecular formula is C16H18N2O4. The summed E-state index contributed by atoms with van der Waals surface area (Å²) in [5.74, 6) is -0.553. The molecule has 1 atom stereocenters. The molecule has 0 spiro atoms. The number of aromatic nitrogens is 1. The first kappa shape index (κ1) is 14.6. The third kappa shape index (κ3) is 2.95. The maximum atomic E-state index is 12.3. The van der Waals surface area contributed by atoms with Gasteiger partial charge in [0.2, 0.25) is 5.91 Å². The Kier molecular flexibility index (Phi) is 4.09. The van der Waals surface area contributed by atoms with Crippen LogP contribution in [-0.4, -0.2) is 39.5 Å². The molecule has 22 heavy (non-hydrogen) atoms. The average molecular weight is 302 g/mol. The van der Waals surface area contributed by atoms with Crippen molar-refractivity contribution in [2.75, 3.05) is 6.54 Å². The van der Waals surface area contributed by atoms with Crippen molar-refractivity contribution in [1.29, 1.82) is 0 Å². The first-order chi connectivity index (χ1) is 10.6. The molecule has 0 saturated carbocycles. The number of likely N-dealkylation sites (tertiary alicyclic amines) is 1. The summed E-state index contributed by atoms with van der Waals surface area (Å²) in [5.41, 5.74) is 1.47. The molecule has 0 unspecified atom stereocenters. The van der Waals surface area contributed by atoms with E-state index in [4.69, 9.17) is 4.42 Å². The Morgan fingerprint density at radius 2 is 2.14 bits per heavy atom. The number of carbonyl (C=O) groups is 2. The van der Waals surface area contributed by atoms with Crippen LogP contribution in [0.2, 0.25) is 0 Å². The number of para-hydroxylation sites is 2. The van der Waals surface area contributed by atoms with Gasteiger partial charge in [-0.25, -0.2) is 9.78 Å². The zero-order chi connectivity index (χ0) is 15.5. The van der Waals surface area contributed by atoms with Gasteiger partial charge in [0, 0.05) is 19.4 Å². The molecule has 1 aliphatic rings. The molecule has 0 bridgehead atoms. The Morgan fingerprint density at radius 3 is 2.91 bits per heavy atom. The molecule has 6 heteroatoms. The zero-order valence-electron chi connectivity index (χ0n) is 12.2. The summed E-state index contributed by atoms with van der Waals surface area (Å²) in [5, 5.41) is 9.21. The second-order valence-electron chi connectivity index (χ2n) is 5.51. The van der Waals surface area contributed by atoms with Crippen LogP contribution in [0.5, 0.6) is 0 Å². The number of carbonyl (C=O) groups excluding carboxylic acids is 1.